The van der Waals surface area contributed by atoms with E-state index in [0.29, 0.717) is 18.7 Å². The van der Waals surface area contributed by atoms with Crippen LogP contribution in [-0.4, -0.2) is 30.3 Å². The molecule has 1 fully saturated rings. The minimum absolute atomic E-state index is 0.105. The van der Waals surface area contributed by atoms with Gasteiger partial charge in [0.15, 0.2) is 0 Å². The molecule has 2 atom stereocenters. The Kier molecular flexibility index (Phi) is 7.29. The summed E-state index contributed by atoms with van der Waals surface area (Å²) in [6, 6.07) is 14.0. The molecule has 4 nitrogen and oxygen atoms in total. The highest BCUT2D eigenvalue weighted by Crippen LogP contribution is 2.45. The zero-order chi connectivity index (χ0) is 23.4. The number of nitrogens with one attached hydrogen (secondary N) is 1. The Hall–Kier alpha value is -2.40. The molecule has 32 heavy (non-hydrogen) atoms. The number of ether oxygens (including phenoxy) is 2. The number of halogens is 1. The molecular formula is C27H36FNO3. The summed E-state index contributed by atoms with van der Waals surface area (Å²) in [6.45, 7) is 11.4. The summed E-state index contributed by atoms with van der Waals surface area (Å²) < 4.78 is 25.5. The van der Waals surface area contributed by atoms with Gasteiger partial charge in [-0.15, -0.1) is 0 Å². The molecule has 1 aliphatic heterocycles. The first-order valence-corrected chi connectivity index (χ1v) is 11.5. The largest absolute Gasteiger partial charge is 0.488 e. The molecule has 5 heteroatoms. The Bertz CT molecular complexity index is 904. The van der Waals surface area contributed by atoms with Crippen LogP contribution in [0.2, 0.25) is 0 Å². The molecular weight excluding hydrogens is 405 g/mol. The highest BCUT2D eigenvalue weighted by Gasteiger charge is 2.43. The Morgan fingerprint density at radius 1 is 1.12 bits per heavy atom. The first-order chi connectivity index (χ1) is 15.0. The van der Waals surface area contributed by atoms with Crippen LogP contribution in [-0.2, 0) is 10.2 Å². The number of rotatable bonds is 7. The maximum Gasteiger partial charge on any atom is 0.251 e. The normalized spacial score (nSPS) is 23.6. The monoisotopic (exact) mass is 441 g/mol. The SMILES string of the molecule is CC[C@@]1(C)C[C@](CCNC(=O)c2ccc(OC(C)(C)C)cc2)(c2ccc(F)cc2)CCO1. The maximum atomic E-state index is 13.6. The molecule has 0 saturated carbocycles. The molecule has 2 aromatic rings. The van der Waals surface area contributed by atoms with Crippen LogP contribution >= 0.6 is 0 Å². The van der Waals surface area contributed by atoms with Crippen LogP contribution in [0.25, 0.3) is 0 Å². The summed E-state index contributed by atoms with van der Waals surface area (Å²) in [7, 11) is 0. The number of hydrogen-bond acceptors (Lipinski definition) is 3. The second kappa shape index (κ2) is 9.62. The van der Waals surface area contributed by atoms with Crippen molar-refractivity contribution in [2.45, 2.75) is 76.9 Å². The average molecular weight is 442 g/mol. The fraction of sp³-hybridized carbons (Fsp3) is 0.519. The third-order valence-electron chi connectivity index (χ3n) is 6.38. The van der Waals surface area contributed by atoms with Crippen LogP contribution in [0.5, 0.6) is 5.75 Å². The number of amides is 1. The van der Waals surface area contributed by atoms with Crippen LogP contribution < -0.4 is 10.1 Å². The first kappa shape index (κ1) is 24.2. The van der Waals surface area contributed by atoms with E-state index in [-0.39, 0.29) is 28.3 Å². The van der Waals surface area contributed by atoms with Gasteiger partial charge in [0, 0.05) is 24.1 Å². The van der Waals surface area contributed by atoms with E-state index >= 15 is 0 Å². The van der Waals surface area contributed by atoms with Crippen molar-refractivity contribution in [3.63, 3.8) is 0 Å². The lowest BCUT2D eigenvalue weighted by Crippen LogP contribution is -2.47. The molecule has 0 spiro atoms. The van der Waals surface area contributed by atoms with Crippen molar-refractivity contribution < 1.29 is 18.7 Å². The van der Waals surface area contributed by atoms with Crippen LogP contribution in [0.15, 0.2) is 48.5 Å². The van der Waals surface area contributed by atoms with Gasteiger partial charge in [-0.1, -0.05) is 19.1 Å². The van der Waals surface area contributed by atoms with E-state index in [2.05, 4.69) is 19.2 Å². The summed E-state index contributed by atoms with van der Waals surface area (Å²) in [6.07, 6.45) is 3.37. The van der Waals surface area contributed by atoms with Crippen LogP contribution in [0, 0.1) is 5.82 Å². The van der Waals surface area contributed by atoms with Gasteiger partial charge >= 0.3 is 0 Å². The molecule has 1 heterocycles. The quantitative estimate of drug-likeness (QED) is 0.570. The van der Waals surface area contributed by atoms with Crippen LogP contribution in [0.4, 0.5) is 4.39 Å². The molecule has 0 aromatic heterocycles. The van der Waals surface area contributed by atoms with Crippen molar-refractivity contribution in [1.82, 2.24) is 5.32 Å². The zero-order valence-corrected chi connectivity index (χ0v) is 20.0. The van der Waals surface area contributed by atoms with Gasteiger partial charge in [-0.25, -0.2) is 4.39 Å². The Balaban J connectivity index is 1.69. The van der Waals surface area contributed by atoms with Crippen molar-refractivity contribution in [1.29, 1.82) is 0 Å². The van der Waals surface area contributed by atoms with Gasteiger partial charge in [-0.3, -0.25) is 4.79 Å². The van der Waals surface area contributed by atoms with Crippen molar-refractivity contribution in [2.24, 2.45) is 0 Å². The smallest absolute Gasteiger partial charge is 0.251 e. The molecule has 174 valence electrons. The summed E-state index contributed by atoms with van der Waals surface area (Å²) in [5, 5.41) is 3.07. The standard InChI is InChI=1S/C27H36FNO3/c1-6-26(5)19-27(16-18-31-26,21-9-11-22(28)12-10-21)15-17-29-24(30)20-7-13-23(14-8-20)32-25(2,3)4/h7-14H,6,15-19H2,1-5H3,(H,29,30)/t26-,27+/m0/s1. The molecule has 0 aliphatic carbocycles. The van der Waals surface area contributed by atoms with Crippen molar-refractivity contribution in [2.75, 3.05) is 13.2 Å². The topological polar surface area (TPSA) is 47.6 Å². The summed E-state index contributed by atoms with van der Waals surface area (Å²) in [5.41, 5.74) is 1.05. The summed E-state index contributed by atoms with van der Waals surface area (Å²) in [4.78, 5) is 12.7. The fourth-order valence-corrected chi connectivity index (χ4v) is 4.53. The molecule has 1 N–H and O–H groups in total. The van der Waals surface area contributed by atoms with Crippen LogP contribution in [0.3, 0.4) is 0 Å². The van der Waals surface area contributed by atoms with Gasteiger partial charge in [0.1, 0.15) is 17.2 Å². The van der Waals surface area contributed by atoms with Gasteiger partial charge in [-0.2, -0.15) is 0 Å². The third kappa shape index (κ3) is 6.10. The van der Waals surface area contributed by atoms with E-state index in [4.69, 9.17) is 9.47 Å². The number of carbonyl (C=O) groups is 1. The number of carbonyl (C=O) groups excluding carboxylic acids is 1. The Morgan fingerprint density at radius 3 is 2.38 bits per heavy atom. The predicted molar refractivity (Wildman–Crippen MR) is 126 cm³/mol. The minimum atomic E-state index is -0.283. The summed E-state index contributed by atoms with van der Waals surface area (Å²) in [5.74, 6) is 0.402. The van der Waals surface area contributed by atoms with Crippen molar-refractivity contribution in [3.8, 4) is 5.75 Å². The highest BCUT2D eigenvalue weighted by molar-refractivity contribution is 5.94. The molecule has 1 saturated heterocycles. The Morgan fingerprint density at radius 2 is 1.78 bits per heavy atom. The van der Waals surface area contributed by atoms with Gasteiger partial charge in [0.05, 0.1) is 5.60 Å². The lowest BCUT2D eigenvalue weighted by atomic mass is 9.66. The molecule has 1 amide bonds. The molecule has 0 radical (unpaired) electrons. The second-order valence-corrected chi connectivity index (χ2v) is 10.1. The van der Waals surface area contributed by atoms with E-state index in [9.17, 15) is 9.18 Å². The van der Waals surface area contributed by atoms with E-state index < -0.39 is 0 Å². The Labute approximate surface area is 191 Å². The minimum Gasteiger partial charge on any atom is -0.488 e. The van der Waals surface area contributed by atoms with Crippen molar-refractivity contribution in [3.05, 3.63) is 65.5 Å². The number of hydrogen-bond donors (Lipinski definition) is 1. The van der Waals surface area contributed by atoms with Crippen molar-refractivity contribution >= 4 is 5.91 Å². The molecule has 0 bridgehead atoms. The van der Waals surface area contributed by atoms with Gasteiger partial charge in [0.25, 0.3) is 5.91 Å². The average Bonchev–Trinajstić information content (AvgIpc) is 2.73. The zero-order valence-electron chi connectivity index (χ0n) is 20.0. The maximum absolute atomic E-state index is 13.6. The fourth-order valence-electron chi connectivity index (χ4n) is 4.53. The highest BCUT2D eigenvalue weighted by atomic mass is 19.1. The molecule has 3 rings (SSSR count). The van der Waals surface area contributed by atoms with Gasteiger partial charge in [0.2, 0.25) is 0 Å². The van der Waals surface area contributed by atoms with Gasteiger partial charge < -0.3 is 14.8 Å². The molecule has 2 aromatic carbocycles. The van der Waals surface area contributed by atoms with Gasteiger partial charge in [-0.05, 0) is 95.3 Å². The van der Waals surface area contributed by atoms with E-state index in [1.165, 1.54) is 12.1 Å². The molecule has 0 unspecified atom stereocenters. The predicted octanol–water partition coefficient (Wildman–Crippen LogP) is 6.04. The third-order valence-corrected chi connectivity index (χ3v) is 6.38. The second-order valence-electron chi connectivity index (χ2n) is 10.1. The summed E-state index contributed by atoms with van der Waals surface area (Å²) >= 11 is 0. The first-order valence-electron chi connectivity index (χ1n) is 11.5. The van der Waals surface area contributed by atoms with E-state index in [1.54, 1.807) is 12.1 Å². The molecule has 1 aliphatic rings. The van der Waals surface area contributed by atoms with E-state index in [0.717, 1.165) is 37.0 Å². The lowest BCUT2D eigenvalue weighted by molar-refractivity contribution is -0.0978. The van der Waals surface area contributed by atoms with E-state index in [1.807, 2.05) is 45.0 Å². The van der Waals surface area contributed by atoms with Crippen LogP contribution in [0.1, 0.15) is 76.2 Å². The number of benzene rings is 2. The lowest BCUT2D eigenvalue weighted by Gasteiger charge is -2.47.